The number of nitrogens with one attached hydrogen (secondary N) is 2. The molecule has 0 radical (unpaired) electrons. The van der Waals surface area contributed by atoms with Crippen LogP contribution in [-0.2, 0) is 23.6 Å². The summed E-state index contributed by atoms with van der Waals surface area (Å²) >= 11 is 5.04. The number of carbonyl (C=O) groups excluding carboxylic acids is 1. The van der Waals surface area contributed by atoms with Crippen molar-refractivity contribution in [1.82, 2.24) is 24.4 Å². The summed E-state index contributed by atoms with van der Waals surface area (Å²) in [5.74, 6) is 0.213. The van der Waals surface area contributed by atoms with Gasteiger partial charge in [0.05, 0.1) is 11.4 Å². The van der Waals surface area contributed by atoms with Gasteiger partial charge in [-0.1, -0.05) is 25.3 Å². The fraction of sp³-hybridized carbons (Fsp3) is 0.500. The molecule has 0 unspecified atom stereocenters. The molecule has 1 saturated carbocycles. The second kappa shape index (κ2) is 8.54. The highest BCUT2D eigenvalue weighted by atomic mass is 32.2. The van der Waals surface area contributed by atoms with Gasteiger partial charge in [-0.25, -0.2) is 8.42 Å². The maximum Gasteiger partial charge on any atom is 0.251 e. The van der Waals surface area contributed by atoms with Crippen LogP contribution in [0.1, 0.15) is 48.3 Å². The number of hydrogen-bond acceptors (Lipinski definition) is 5. The zero-order chi connectivity index (χ0) is 20.3. The van der Waals surface area contributed by atoms with Crippen molar-refractivity contribution in [3.63, 3.8) is 0 Å². The minimum atomic E-state index is -3.65. The van der Waals surface area contributed by atoms with Gasteiger partial charge >= 0.3 is 0 Å². The summed E-state index contributed by atoms with van der Waals surface area (Å²) < 4.78 is 29.6. The summed E-state index contributed by atoms with van der Waals surface area (Å²) in [6.45, 7) is 0.182. The zero-order valence-electron chi connectivity index (χ0n) is 16.0. The molecule has 1 fully saturated rings. The Kier molecular flexibility index (Phi) is 6.31. The third kappa shape index (κ3) is 4.34. The molecule has 2 N–H and O–H groups in total. The Hall–Kier alpha value is -2.04. The first-order chi connectivity index (χ1) is 13.3. The summed E-state index contributed by atoms with van der Waals surface area (Å²) in [7, 11) is -0.268. The van der Waals surface area contributed by atoms with E-state index in [1.54, 1.807) is 30.8 Å². The molecule has 0 aliphatic heterocycles. The van der Waals surface area contributed by atoms with Gasteiger partial charge in [-0.2, -0.15) is 9.40 Å². The lowest BCUT2D eigenvalue weighted by atomic mass is 9.96. The molecule has 28 heavy (non-hydrogen) atoms. The van der Waals surface area contributed by atoms with Gasteiger partial charge in [-0.05, 0) is 43.3 Å². The Labute approximate surface area is 170 Å². The van der Waals surface area contributed by atoms with Crippen LogP contribution in [0.15, 0.2) is 29.2 Å². The number of carbonyl (C=O) groups is 1. The van der Waals surface area contributed by atoms with Gasteiger partial charge in [0.2, 0.25) is 10.0 Å². The van der Waals surface area contributed by atoms with Gasteiger partial charge < -0.3 is 9.88 Å². The van der Waals surface area contributed by atoms with Crippen LogP contribution in [0.25, 0.3) is 0 Å². The Morgan fingerprint density at radius 2 is 2.07 bits per heavy atom. The lowest BCUT2D eigenvalue weighted by molar-refractivity contribution is 0.0949. The maximum atomic E-state index is 13.0. The Morgan fingerprint density at radius 3 is 2.71 bits per heavy atom. The van der Waals surface area contributed by atoms with Crippen molar-refractivity contribution in [2.75, 3.05) is 7.05 Å². The van der Waals surface area contributed by atoms with Crippen molar-refractivity contribution < 1.29 is 13.2 Å². The highest BCUT2D eigenvalue weighted by Gasteiger charge is 2.29. The van der Waals surface area contributed by atoms with Gasteiger partial charge in [0.15, 0.2) is 10.6 Å². The number of benzene rings is 1. The quantitative estimate of drug-likeness (QED) is 0.695. The van der Waals surface area contributed by atoms with E-state index in [9.17, 15) is 13.2 Å². The number of rotatable bonds is 6. The van der Waals surface area contributed by atoms with Gasteiger partial charge in [0.1, 0.15) is 0 Å². The third-order valence-corrected chi connectivity index (χ3v) is 7.51. The Balaban J connectivity index is 1.74. The summed E-state index contributed by atoms with van der Waals surface area (Å²) in [6.07, 6.45) is 5.00. The molecule has 1 heterocycles. The van der Waals surface area contributed by atoms with Crippen molar-refractivity contribution in [2.24, 2.45) is 7.05 Å². The first-order valence-electron chi connectivity index (χ1n) is 9.27. The molecule has 2 aromatic rings. The molecule has 8 nitrogen and oxygen atoms in total. The van der Waals surface area contributed by atoms with E-state index in [0.29, 0.717) is 10.6 Å². The number of amides is 1. The van der Waals surface area contributed by atoms with E-state index in [0.717, 1.165) is 32.1 Å². The van der Waals surface area contributed by atoms with Crippen LogP contribution in [0.2, 0.25) is 0 Å². The fourth-order valence-electron chi connectivity index (χ4n) is 3.40. The molecule has 1 aliphatic carbocycles. The Bertz CT molecular complexity index is 1010. The molecule has 1 aromatic heterocycles. The second-order valence-corrected chi connectivity index (χ2v) is 9.41. The molecule has 0 saturated heterocycles. The topological polar surface area (TPSA) is 100 Å². The van der Waals surface area contributed by atoms with E-state index in [2.05, 4.69) is 15.5 Å². The highest BCUT2D eigenvalue weighted by Crippen LogP contribution is 2.26. The van der Waals surface area contributed by atoms with E-state index in [1.807, 2.05) is 0 Å². The van der Waals surface area contributed by atoms with Crippen molar-refractivity contribution in [1.29, 1.82) is 0 Å². The number of sulfonamides is 1. The summed E-state index contributed by atoms with van der Waals surface area (Å²) in [5, 5.41) is 9.44. The van der Waals surface area contributed by atoms with Crippen LogP contribution in [0.5, 0.6) is 0 Å². The lowest BCUT2D eigenvalue weighted by Crippen LogP contribution is -2.38. The van der Waals surface area contributed by atoms with Gasteiger partial charge in [-0.15, -0.1) is 0 Å². The van der Waals surface area contributed by atoms with Crippen LogP contribution in [0, 0.1) is 4.77 Å². The zero-order valence-corrected chi connectivity index (χ0v) is 17.6. The molecule has 1 aliphatic rings. The largest absolute Gasteiger partial charge is 0.345 e. The number of nitrogens with zero attached hydrogens (tertiary/aromatic N) is 3. The molecule has 0 bridgehead atoms. The van der Waals surface area contributed by atoms with Crippen LogP contribution in [0.4, 0.5) is 0 Å². The van der Waals surface area contributed by atoms with E-state index in [1.165, 1.54) is 16.4 Å². The summed E-state index contributed by atoms with van der Waals surface area (Å²) in [4.78, 5) is 12.6. The minimum Gasteiger partial charge on any atom is -0.345 e. The first kappa shape index (κ1) is 20.7. The fourth-order valence-corrected chi connectivity index (χ4v) is 5.02. The third-order valence-electron chi connectivity index (χ3n) is 5.24. The van der Waals surface area contributed by atoms with Crippen LogP contribution in [0.3, 0.4) is 0 Å². The predicted octanol–water partition coefficient (Wildman–Crippen LogP) is 2.36. The van der Waals surface area contributed by atoms with Crippen molar-refractivity contribution in [3.8, 4) is 0 Å². The number of aromatic nitrogens is 3. The molecule has 10 heteroatoms. The molecule has 1 aromatic carbocycles. The van der Waals surface area contributed by atoms with Gasteiger partial charge in [0, 0.05) is 25.7 Å². The number of hydrogen-bond donors (Lipinski definition) is 2. The van der Waals surface area contributed by atoms with Gasteiger partial charge in [0.25, 0.3) is 5.91 Å². The standard InChI is InChI=1S/C18H25N5O3S2/c1-22-16(20-21-18(22)27)12-19-17(24)13-7-6-10-15(11-13)28(25,26)23(2)14-8-4-3-5-9-14/h6-7,10-11,14H,3-5,8-9,12H2,1-2H3,(H,19,24)(H,21,27). The lowest BCUT2D eigenvalue weighted by Gasteiger charge is -2.30. The highest BCUT2D eigenvalue weighted by molar-refractivity contribution is 7.89. The molecule has 0 atom stereocenters. The smallest absolute Gasteiger partial charge is 0.251 e. The summed E-state index contributed by atoms with van der Waals surface area (Å²) in [6, 6.07) is 6.16. The Morgan fingerprint density at radius 1 is 1.36 bits per heavy atom. The second-order valence-electron chi connectivity index (χ2n) is 7.03. The monoisotopic (exact) mass is 423 g/mol. The molecule has 0 spiro atoms. The minimum absolute atomic E-state index is 0.0171. The van der Waals surface area contributed by atoms with Crippen molar-refractivity contribution in [2.45, 2.75) is 49.6 Å². The van der Waals surface area contributed by atoms with E-state index < -0.39 is 10.0 Å². The average molecular weight is 424 g/mol. The van der Waals surface area contributed by atoms with Crippen LogP contribution in [-0.4, -0.2) is 46.5 Å². The predicted molar refractivity (Wildman–Crippen MR) is 108 cm³/mol. The molecule has 152 valence electrons. The van der Waals surface area contributed by atoms with Crippen molar-refractivity contribution in [3.05, 3.63) is 40.4 Å². The SMILES string of the molecule is CN(C1CCCCC1)S(=O)(=O)c1cccc(C(=O)NCc2n[nH]c(=S)n2C)c1. The van der Waals surface area contributed by atoms with E-state index in [4.69, 9.17) is 12.2 Å². The maximum absolute atomic E-state index is 13.0. The summed E-state index contributed by atoms with van der Waals surface area (Å²) in [5.41, 5.74) is 0.287. The molecular formula is C18H25N5O3S2. The number of H-pyrrole nitrogens is 1. The number of aromatic amines is 1. The van der Waals surface area contributed by atoms with E-state index >= 15 is 0 Å². The van der Waals surface area contributed by atoms with Crippen LogP contribution >= 0.6 is 12.2 Å². The van der Waals surface area contributed by atoms with Crippen LogP contribution < -0.4 is 5.32 Å². The average Bonchev–Trinajstić information content (AvgIpc) is 3.04. The van der Waals surface area contributed by atoms with E-state index in [-0.39, 0.29) is 29.0 Å². The molecular weight excluding hydrogens is 398 g/mol. The molecule has 1 amide bonds. The first-order valence-corrected chi connectivity index (χ1v) is 11.1. The van der Waals surface area contributed by atoms with Gasteiger partial charge in [-0.3, -0.25) is 9.89 Å². The van der Waals surface area contributed by atoms with Crippen molar-refractivity contribution >= 4 is 28.1 Å². The molecule has 3 rings (SSSR count). The normalized spacial score (nSPS) is 15.7.